The molecule has 5 heteroatoms. The average molecular weight is 211 g/mol. The number of hydrogen-bond acceptors (Lipinski definition) is 5. The summed E-state index contributed by atoms with van der Waals surface area (Å²) in [7, 11) is 1.22. The fourth-order valence-corrected chi connectivity index (χ4v) is 0.579. The van der Waals surface area contributed by atoms with Gasteiger partial charge in [0.15, 0.2) is 6.61 Å². The maximum atomic E-state index is 11.0. The van der Waals surface area contributed by atoms with Gasteiger partial charge in [0.05, 0.1) is 13.5 Å². The predicted octanol–water partition coefficient (Wildman–Crippen LogP) is -0.0414. The van der Waals surface area contributed by atoms with Crippen LogP contribution in [0.3, 0.4) is 0 Å². The summed E-state index contributed by atoms with van der Waals surface area (Å²) in [6.07, 6.45) is 1.64. The summed E-state index contributed by atoms with van der Waals surface area (Å²) in [6, 6.07) is 0. The van der Waals surface area contributed by atoms with E-state index < -0.39 is 11.9 Å². The second-order valence-electron chi connectivity index (χ2n) is 2.61. The van der Waals surface area contributed by atoms with E-state index in [9.17, 15) is 9.59 Å². The standard InChI is InChI=1S/C10H13NO4/c1-8(11)5-6-10(13)15-7-3-4-9(12)14-2/h5H,6-7,11H2,1-2H3/b8-5+. The summed E-state index contributed by atoms with van der Waals surface area (Å²) in [5.41, 5.74) is 5.87. The van der Waals surface area contributed by atoms with E-state index >= 15 is 0 Å². The highest BCUT2D eigenvalue weighted by molar-refractivity contribution is 5.88. The second-order valence-corrected chi connectivity index (χ2v) is 2.61. The first-order chi connectivity index (χ1) is 7.06. The van der Waals surface area contributed by atoms with Gasteiger partial charge in [-0.2, -0.15) is 0 Å². The fourth-order valence-electron chi connectivity index (χ4n) is 0.579. The SMILES string of the molecule is COC(=O)C#CCOC(=O)C/C=C(\C)N. The van der Waals surface area contributed by atoms with Crippen molar-refractivity contribution in [2.24, 2.45) is 5.73 Å². The molecule has 0 unspecified atom stereocenters. The number of carbonyl (C=O) groups is 2. The monoisotopic (exact) mass is 211 g/mol. The van der Waals surface area contributed by atoms with E-state index in [0.717, 1.165) is 0 Å². The van der Waals surface area contributed by atoms with E-state index in [0.29, 0.717) is 5.70 Å². The summed E-state index contributed by atoms with van der Waals surface area (Å²) >= 11 is 0. The zero-order valence-electron chi connectivity index (χ0n) is 8.70. The van der Waals surface area contributed by atoms with Gasteiger partial charge in [-0.15, -0.1) is 0 Å². The molecule has 0 aromatic carbocycles. The molecule has 0 aromatic rings. The third-order valence-electron chi connectivity index (χ3n) is 1.27. The van der Waals surface area contributed by atoms with Crippen molar-refractivity contribution in [3.05, 3.63) is 11.8 Å². The maximum Gasteiger partial charge on any atom is 0.384 e. The Morgan fingerprint density at radius 3 is 2.67 bits per heavy atom. The quantitative estimate of drug-likeness (QED) is 0.402. The zero-order valence-corrected chi connectivity index (χ0v) is 8.70. The van der Waals surface area contributed by atoms with Crippen molar-refractivity contribution in [3.63, 3.8) is 0 Å². The number of rotatable bonds is 3. The lowest BCUT2D eigenvalue weighted by Crippen LogP contribution is -2.05. The largest absolute Gasteiger partial charge is 0.459 e. The first-order valence-corrected chi connectivity index (χ1v) is 4.21. The number of nitrogens with two attached hydrogens (primary N) is 1. The van der Waals surface area contributed by atoms with Crippen molar-refractivity contribution in [2.45, 2.75) is 13.3 Å². The molecule has 15 heavy (non-hydrogen) atoms. The van der Waals surface area contributed by atoms with Crippen LogP contribution in [0.5, 0.6) is 0 Å². The Labute approximate surface area is 88.2 Å². The minimum absolute atomic E-state index is 0.0994. The Balaban J connectivity index is 3.76. The van der Waals surface area contributed by atoms with Crippen LogP contribution < -0.4 is 5.73 Å². The lowest BCUT2D eigenvalue weighted by atomic mass is 10.3. The highest BCUT2D eigenvalue weighted by Gasteiger charge is 1.98. The first kappa shape index (κ1) is 13.0. The van der Waals surface area contributed by atoms with Gasteiger partial charge in [0.1, 0.15) is 0 Å². The lowest BCUT2D eigenvalue weighted by Gasteiger charge is -1.96. The van der Waals surface area contributed by atoms with E-state index in [1.54, 1.807) is 6.92 Å². The van der Waals surface area contributed by atoms with Crippen LogP contribution in [0.4, 0.5) is 0 Å². The molecule has 0 aromatic heterocycles. The molecule has 5 nitrogen and oxygen atoms in total. The lowest BCUT2D eigenvalue weighted by molar-refractivity contribution is -0.141. The molecule has 2 N–H and O–H groups in total. The van der Waals surface area contributed by atoms with E-state index in [-0.39, 0.29) is 13.0 Å². The Morgan fingerprint density at radius 1 is 1.47 bits per heavy atom. The van der Waals surface area contributed by atoms with Crippen LogP contribution >= 0.6 is 0 Å². The van der Waals surface area contributed by atoms with E-state index in [4.69, 9.17) is 5.73 Å². The molecule has 0 saturated heterocycles. The zero-order chi connectivity index (χ0) is 11.7. The summed E-state index contributed by atoms with van der Waals surface area (Å²) in [5.74, 6) is 3.35. The molecule has 0 atom stereocenters. The van der Waals surface area contributed by atoms with Gasteiger partial charge >= 0.3 is 11.9 Å². The van der Waals surface area contributed by atoms with Crippen molar-refractivity contribution in [3.8, 4) is 11.8 Å². The minimum Gasteiger partial charge on any atom is -0.459 e. The van der Waals surface area contributed by atoms with E-state index in [1.807, 2.05) is 0 Å². The summed E-state index contributed by atoms with van der Waals surface area (Å²) in [4.78, 5) is 21.5. The maximum absolute atomic E-state index is 11.0. The average Bonchev–Trinajstić information content (AvgIpc) is 2.21. The first-order valence-electron chi connectivity index (χ1n) is 4.21. The fraction of sp³-hybridized carbons (Fsp3) is 0.400. The van der Waals surface area contributed by atoms with Gasteiger partial charge in [-0.05, 0) is 12.8 Å². The van der Waals surface area contributed by atoms with Crippen LogP contribution in [-0.4, -0.2) is 25.7 Å². The highest BCUT2D eigenvalue weighted by Crippen LogP contribution is 1.90. The molecule has 0 aliphatic carbocycles. The van der Waals surface area contributed by atoms with Gasteiger partial charge < -0.3 is 15.2 Å². The van der Waals surface area contributed by atoms with Crippen LogP contribution in [0.1, 0.15) is 13.3 Å². The van der Waals surface area contributed by atoms with Gasteiger partial charge in [-0.3, -0.25) is 4.79 Å². The van der Waals surface area contributed by atoms with Crippen LogP contribution in [0.15, 0.2) is 11.8 Å². The minimum atomic E-state index is -0.663. The van der Waals surface area contributed by atoms with Gasteiger partial charge in [0, 0.05) is 11.6 Å². The van der Waals surface area contributed by atoms with Crippen LogP contribution in [0.2, 0.25) is 0 Å². The number of methoxy groups -OCH3 is 1. The molecular formula is C10H13NO4. The molecular weight excluding hydrogens is 198 g/mol. The Morgan fingerprint density at radius 2 is 2.13 bits per heavy atom. The number of esters is 2. The van der Waals surface area contributed by atoms with Crippen molar-refractivity contribution in [1.82, 2.24) is 0 Å². The molecule has 0 bridgehead atoms. The molecule has 0 saturated carbocycles. The Bertz CT molecular complexity index is 318. The topological polar surface area (TPSA) is 78.6 Å². The van der Waals surface area contributed by atoms with Crippen molar-refractivity contribution in [1.29, 1.82) is 0 Å². The van der Waals surface area contributed by atoms with Crippen LogP contribution in [0.25, 0.3) is 0 Å². The third-order valence-corrected chi connectivity index (χ3v) is 1.27. The van der Waals surface area contributed by atoms with Crippen molar-refractivity contribution >= 4 is 11.9 Å². The smallest absolute Gasteiger partial charge is 0.384 e. The van der Waals surface area contributed by atoms with Gasteiger partial charge in [-0.1, -0.05) is 6.08 Å². The van der Waals surface area contributed by atoms with Crippen molar-refractivity contribution in [2.75, 3.05) is 13.7 Å². The van der Waals surface area contributed by atoms with Gasteiger partial charge in [0.25, 0.3) is 0 Å². The molecule has 0 heterocycles. The number of ether oxygens (including phenoxy) is 2. The van der Waals surface area contributed by atoms with Crippen LogP contribution in [-0.2, 0) is 19.1 Å². The highest BCUT2D eigenvalue weighted by atomic mass is 16.5. The second kappa shape index (κ2) is 7.44. The number of allylic oxidation sites excluding steroid dienone is 1. The van der Waals surface area contributed by atoms with Crippen molar-refractivity contribution < 1.29 is 19.1 Å². The molecule has 0 spiro atoms. The molecule has 0 radical (unpaired) electrons. The number of carbonyl (C=O) groups excluding carboxylic acids is 2. The molecule has 0 aliphatic heterocycles. The predicted molar refractivity (Wildman–Crippen MR) is 53.3 cm³/mol. The molecule has 0 fully saturated rings. The van der Waals surface area contributed by atoms with E-state index in [1.165, 1.54) is 13.2 Å². The molecule has 82 valence electrons. The number of hydrogen-bond donors (Lipinski definition) is 1. The van der Waals surface area contributed by atoms with Crippen LogP contribution in [0, 0.1) is 11.8 Å². The molecule has 0 rings (SSSR count). The normalized spacial score (nSPS) is 9.87. The molecule has 0 amide bonds. The van der Waals surface area contributed by atoms with E-state index in [2.05, 4.69) is 21.3 Å². The summed E-state index contributed by atoms with van der Waals surface area (Å²) in [6.45, 7) is 1.54. The summed E-state index contributed by atoms with van der Waals surface area (Å²) < 4.78 is 8.92. The molecule has 0 aliphatic rings. The Kier molecular flexibility index (Phi) is 6.47. The van der Waals surface area contributed by atoms with Gasteiger partial charge in [-0.25, -0.2) is 4.79 Å². The third kappa shape index (κ3) is 8.37. The summed E-state index contributed by atoms with van der Waals surface area (Å²) in [5, 5.41) is 0. The Hall–Kier alpha value is -1.96. The van der Waals surface area contributed by atoms with Gasteiger partial charge in [0.2, 0.25) is 0 Å².